The van der Waals surface area contributed by atoms with E-state index in [1.807, 2.05) is 12.1 Å². The van der Waals surface area contributed by atoms with Gasteiger partial charge in [0.25, 0.3) is 0 Å². The molecule has 1 aromatic heterocycles. The lowest BCUT2D eigenvalue weighted by molar-refractivity contribution is 0.0961. The molecule has 6 rings (SSSR count). The molecule has 0 saturated carbocycles. The van der Waals surface area contributed by atoms with E-state index in [-0.39, 0.29) is 40.1 Å². The summed E-state index contributed by atoms with van der Waals surface area (Å²) in [5.41, 5.74) is 2.35. The molecule has 1 aliphatic carbocycles. The van der Waals surface area contributed by atoms with Crippen molar-refractivity contribution in [1.29, 1.82) is 0 Å². The molecule has 0 radical (unpaired) electrons. The summed E-state index contributed by atoms with van der Waals surface area (Å²) in [6.07, 6.45) is 3.25. The van der Waals surface area contributed by atoms with E-state index < -0.39 is 6.10 Å². The minimum Gasteiger partial charge on any atom is -0.508 e. The number of hydrogen-bond acceptors (Lipinski definition) is 8. The van der Waals surface area contributed by atoms with Crippen LogP contribution in [0.1, 0.15) is 11.3 Å². The highest BCUT2D eigenvalue weighted by atomic mass is 16.5. The lowest BCUT2D eigenvalue weighted by Crippen LogP contribution is -2.35. The molecule has 4 aromatic rings. The van der Waals surface area contributed by atoms with Crippen LogP contribution in [0.15, 0.2) is 87.8 Å². The number of fused-ring (bicyclic) bond motifs is 2. The predicted molar refractivity (Wildman–Crippen MR) is 149 cm³/mol. The highest BCUT2D eigenvalue weighted by Crippen LogP contribution is 2.42. The van der Waals surface area contributed by atoms with Crippen LogP contribution in [0.5, 0.6) is 23.0 Å². The first-order chi connectivity index (χ1) is 19.4. The Morgan fingerprint density at radius 2 is 1.65 bits per heavy atom. The third-order valence-corrected chi connectivity index (χ3v) is 7.59. The highest BCUT2D eigenvalue weighted by molar-refractivity contribution is 5.91. The summed E-state index contributed by atoms with van der Waals surface area (Å²) in [7, 11) is 3.07. The topological polar surface area (TPSA) is 119 Å². The van der Waals surface area contributed by atoms with E-state index in [1.165, 1.54) is 25.3 Å². The first-order valence-corrected chi connectivity index (χ1v) is 12.9. The number of phenols is 2. The molecular formula is C32H28O8. The summed E-state index contributed by atoms with van der Waals surface area (Å²) in [5.74, 6) is 1.51. The molecule has 0 amide bonds. The Hall–Kier alpha value is -4.69. The summed E-state index contributed by atoms with van der Waals surface area (Å²) < 4.78 is 23.3. The number of phenolic OH excluding ortho intramolecular Hbond substituents is 2. The zero-order chi connectivity index (χ0) is 28.0. The van der Waals surface area contributed by atoms with Crippen LogP contribution in [-0.2, 0) is 11.2 Å². The molecule has 0 spiro atoms. The summed E-state index contributed by atoms with van der Waals surface area (Å²) in [5, 5.41) is 31.4. The molecule has 8 nitrogen and oxygen atoms in total. The molecule has 1 aliphatic heterocycles. The molecule has 0 bridgehead atoms. The third-order valence-electron chi connectivity index (χ3n) is 7.59. The van der Waals surface area contributed by atoms with Crippen LogP contribution in [0.2, 0.25) is 0 Å². The van der Waals surface area contributed by atoms with E-state index >= 15 is 0 Å². The number of rotatable bonds is 5. The average Bonchev–Trinajstić information content (AvgIpc) is 2.96. The Labute approximate surface area is 230 Å². The lowest BCUT2D eigenvalue weighted by Gasteiger charge is -2.34. The number of aromatic hydroxyl groups is 2. The van der Waals surface area contributed by atoms with E-state index in [0.29, 0.717) is 52.4 Å². The van der Waals surface area contributed by atoms with Gasteiger partial charge in [-0.05, 0) is 54.0 Å². The number of aliphatic hydroxyl groups is 1. The van der Waals surface area contributed by atoms with Crippen molar-refractivity contribution in [3.05, 3.63) is 100 Å². The summed E-state index contributed by atoms with van der Waals surface area (Å²) in [4.78, 5) is 13.9. The van der Waals surface area contributed by atoms with Gasteiger partial charge < -0.3 is 33.9 Å². The van der Waals surface area contributed by atoms with E-state index in [1.54, 1.807) is 49.6 Å². The fourth-order valence-electron chi connectivity index (χ4n) is 5.53. The van der Waals surface area contributed by atoms with E-state index in [9.17, 15) is 20.1 Å². The molecule has 3 N–H and O–H groups in total. The van der Waals surface area contributed by atoms with Crippen molar-refractivity contribution < 1.29 is 33.9 Å². The largest absolute Gasteiger partial charge is 0.508 e. The SMILES string of the molecule is COC1=CC(O)[C@H](C2COc3cc(O)ccc3C2)C=C1c1oc2cc(O)ccc2c(=O)c1-c1ccc(OC)cc1. The fourth-order valence-corrected chi connectivity index (χ4v) is 5.53. The Balaban J connectivity index is 1.52. The zero-order valence-corrected chi connectivity index (χ0v) is 22.0. The lowest BCUT2D eigenvalue weighted by atomic mass is 9.77. The smallest absolute Gasteiger partial charge is 0.201 e. The van der Waals surface area contributed by atoms with E-state index in [4.69, 9.17) is 18.6 Å². The summed E-state index contributed by atoms with van der Waals surface area (Å²) in [6, 6.07) is 16.5. The number of allylic oxidation sites excluding steroid dienone is 1. The van der Waals surface area contributed by atoms with Crippen LogP contribution in [0, 0.1) is 11.8 Å². The van der Waals surface area contributed by atoms with Gasteiger partial charge in [-0.2, -0.15) is 0 Å². The van der Waals surface area contributed by atoms with Gasteiger partial charge in [-0.1, -0.05) is 24.3 Å². The summed E-state index contributed by atoms with van der Waals surface area (Å²) in [6.45, 7) is 0.332. The van der Waals surface area contributed by atoms with Crippen LogP contribution in [0.25, 0.3) is 27.7 Å². The van der Waals surface area contributed by atoms with Crippen molar-refractivity contribution in [2.45, 2.75) is 12.5 Å². The number of methoxy groups -OCH3 is 2. The van der Waals surface area contributed by atoms with Gasteiger partial charge in [0.2, 0.25) is 5.43 Å². The van der Waals surface area contributed by atoms with Gasteiger partial charge in [0.1, 0.15) is 40.1 Å². The van der Waals surface area contributed by atoms with Crippen LogP contribution in [0.3, 0.4) is 0 Å². The van der Waals surface area contributed by atoms with Crippen molar-refractivity contribution in [2.75, 3.05) is 20.8 Å². The maximum atomic E-state index is 13.9. The highest BCUT2D eigenvalue weighted by Gasteiger charge is 2.36. The minimum atomic E-state index is -0.869. The quantitative estimate of drug-likeness (QED) is 0.322. The van der Waals surface area contributed by atoms with Gasteiger partial charge in [0.05, 0.1) is 43.5 Å². The van der Waals surface area contributed by atoms with Crippen molar-refractivity contribution in [1.82, 2.24) is 0 Å². The number of ether oxygens (including phenoxy) is 3. The Morgan fingerprint density at radius 1 is 0.900 bits per heavy atom. The molecule has 2 aliphatic rings. The van der Waals surface area contributed by atoms with E-state index in [0.717, 1.165) is 5.56 Å². The first-order valence-electron chi connectivity index (χ1n) is 12.9. The molecule has 0 saturated heterocycles. The number of hydrogen-bond donors (Lipinski definition) is 3. The van der Waals surface area contributed by atoms with Gasteiger partial charge in [-0.3, -0.25) is 4.79 Å². The predicted octanol–water partition coefficient (Wildman–Crippen LogP) is 5.04. The van der Waals surface area contributed by atoms with Crippen molar-refractivity contribution in [2.24, 2.45) is 11.8 Å². The van der Waals surface area contributed by atoms with Gasteiger partial charge in [0, 0.05) is 24.0 Å². The average molecular weight is 541 g/mol. The van der Waals surface area contributed by atoms with Crippen molar-refractivity contribution >= 4 is 16.5 Å². The van der Waals surface area contributed by atoms with Crippen molar-refractivity contribution in [3.8, 4) is 34.1 Å². The Bertz CT molecular complexity index is 1710. The first kappa shape index (κ1) is 25.6. The van der Waals surface area contributed by atoms with Gasteiger partial charge >= 0.3 is 0 Å². The second kappa shape index (κ2) is 10.1. The normalized spacial score (nSPS) is 20.2. The Kier molecular flexibility index (Phi) is 6.48. The minimum absolute atomic E-state index is 0.0312. The standard InChI is InChI=1S/C32H28O8/c1-37-22-8-4-17(5-9-22)30-31(36)23-10-7-21(34)13-29(23)40-32(30)25-14-24(26(35)15-28(25)38-2)19-11-18-3-6-20(33)12-27(18)39-16-19/h3-10,12-15,19,24,26,33-35H,11,16H2,1-2H3/t19?,24-,26?/m0/s1. The second-order valence-corrected chi connectivity index (χ2v) is 9.99. The second-order valence-electron chi connectivity index (χ2n) is 9.99. The van der Waals surface area contributed by atoms with Crippen molar-refractivity contribution in [3.63, 3.8) is 0 Å². The monoisotopic (exact) mass is 540 g/mol. The van der Waals surface area contributed by atoms with E-state index in [2.05, 4.69) is 0 Å². The number of aliphatic hydroxyl groups excluding tert-OH is 1. The molecule has 2 unspecified atom stereocenters. The third kappa shape index (κ3) is 4.46. The van der Waals surface area contributed by atoms with Crippen LogP contribution < -0.4 is 14.9 Å². The fraction of sp³-hybridized carbons (Fsp3) is 0.219. The molecule has 204 valence electrons. The molecule has 40 heavy (non-hydrogen) atoms. The van der Waals surface area contributed by atoms with Crippen LogP contribution in [-0.4, -0.2) is 42.3 Å². The molecule has 0 fully saturated rings. The molecule has 3 aromatic carbocycles. The zero-order valence-electron chi connectivity index (χ0n) is 22.0. The molecule has 3 atom stereocenters. The number of benzene rings is 3. The summed E-state index contributed by atoms with van der Waals surface area (Å²) >= 11 is 0. The van der Waals surface area contributed by atoms with Crippen LogP contribution >= 0.6 is 0 Å². The maximum absolute atomic E-state index is 13.9. The molecule has 8 heteroatoms. The molecule has 2 heterocycles. The molecular weight excluding hydrogens is 512 g/mol. The van der Waals surface area contributed by atoms with Gasteiger partial charge in [0.15, 0.2) is 0 Å². The van der Waals surface area contributed by atoms with Crippen LogP contribution in [0.4, 0.5) is 0 Å². The van der Waals surface area contributed by atoms with Gasteiger partial charge in [-0.25, -0.2) is 0 Å². The maximum Gasteiger partial charge on any atom is 0.201 e. The van der Waals surface area contributed by atoms with Gasteiger partial charge in [-0.15, -0.1) is 0 Å². The Morgan fingerprint density at radius 3 is 2.40 bits per heavy atom.